The molecule has 0 radical (unpaired) electrons. The van der Waals surface area contributed by atoms with E-state index in [-0.39, 0.29) is 0 Å². The summed E-state index contributed by atoms with van der Waals surface area (Å²) in [5.41, 5.74) is 5.17. The van der Waals surface area contributed by atoms with E-state index in [0.717, 1.165) is 77.3 Å². The van der Waals surface area contributed by atoms with E-state index in [4.69, 9.17) is 14.2 Å². The number of esters is 3. The van der Waals surface area contributed by atoms with Gasteiger partial charge in [-0.15, -0.1) is 0 Å². The summed E-state index contributed by atoms with van der Waals surface area (Å²) in [6, 6.07) is 20.0. The largest absolute Gasteiger partial charge is 0.497 e. The highest BCUT2D eigenvalue weighted by Crippen LogP contribution is 2.60. The molecule has 232 valence electrons. The molecule has 0 bridgehead atoms. The molecule has 0 N–H and O–H groups in total. The predicted molar refractivity (Wildman–Crippen MR) is 175 cm³/mol. The maximum absolute atomic E-state index is 13.8. The first-order chi connectivity index (χ1) is 21.6. The van der Waals surface area contributed by atoms with Crippen LogP contribution < -0.4 is 9.47 Å². The van der Waals surface area contributed by atoms with Gasteiger partial charge in [0.05, 0.1) is 18.2 Å². The number of carbonyl (C=O) groups is 3. The van der Waals surface area contributed by atoms with E-state index >= 15 is 0 Å². The Balaban J connectivity index is 1.80. The van der Waals surface area contributed by atoms with E-state index in [1.54, 1.807) is 7.11 Å². The molecule has 1 aliphatic carbocycles. The van der Waals surface area contributed by atoms with Gasteiger partial charge in [0, 0.05) is 28.7 Å². The van der Waals surface area contributed by atoms with Crippen LogP contribution in [-0.4, -0.2) is 25.0 Å². The van der Waals surface area contributed by atoms with Crippen molar-refractivity contribution in [2.45, 2.75) is 84.0 Å². The fraction of sp³-hybridized carbons (Fsp3) is 0.359. The van der Waals surface area contributed by atoms with Crippen LogP contribution in [0.25, 0.3) is 21.9 Å². The first-order valence-electron chi connectivity index (χ1n) is 16.0. The van der Waals surface area contributed by atoms with Crippen LogP contribution >= 0.6 is 0 Å². The number of hydrogen-bond donors (Lipinski definition) is 0. The number of unbranched alkanes of at least 4 members (excludes halogenated alkanes) is 2. The lowest BCUT2D eigenvalue weighted by atomic mass is 9.68. The number of ether oxygens (including phenoxy) is 3. The lowest BCUT2D eigenvalue weighted by molar-refractivity contribution is -0.131. The van der Waals surface area contributed by atoms with E-state index in [0.29, 0.717) is 28.0 Å². The minimum atomic E-state index is -0.615. The molecule has 0 atom stereocenters. The summed E-state index contributed by atoms with van der Waals surface area (Å²) < 4.78 is 16.9. The quantitative estimate of drug-likeness (QED) is 0.102. The lowest BCUT2D eigenvalue weighted by Gasteiger charge is -2.35. The predicted octanol–water partition coefficient (Wildman–Crippen LogP) is 9.06. The van der Waals surface area contributed by atoms with Crippen molar-refractivity contribution in [2.24, 2.45) is 0 Å². The molecule has 2 aliphatic rings. The molecular weight excluding hydrogens is 564 g/mol. The Bertz CT molecular complexity index is 1840. The first-order valence-corrected chi connectivity index (χ1v) is 16.0. The van der Waals surface area contributed by atoms with Gasteiger partial charge in [0.1, 0.15) is 11.5 Å². The average Bonchev–Trinajstić information content (AvgIpc) is 3.48. The minimum absolute atomic E-state index is 0.338. The van der Waals surface area contributed by atoms with Crippen LogP contribution in [0.2, 0.25) is 0 Å². The standard InChI is InChI=1S/C39H40O6/c1-7-9-18-39(19-10-8-2)29-21-28(38(4,5)24-14-12-11-13-15-24)34-35(37(42)45-36(34)41)33(29)32-26-17-16-25(43-6)20-27(26)31(22-30(32)39)44-23(3)40/h11-17,20-22H,7-10,18-19H2,1-6H3. The molecule has 0 amide bonds. The van der Waals surface area contributed by atoms with Gasteiger partial charge in [-0.3, -0.25) is 4.79 Å². The molecule has 0 saturated heterocycles. The minimum Gasteiger partial charge on any atom is -0.497 e. The van der Waals surface area contributed by atoms with Gasteiger partial charge >= 0.3 is 17.9 Å². The topological polar surface area (TPSA) is 78.9 Å². The van der Waals surface area contributed by atoms with E-state index in [1.807, 2.05) is 42.5 Å². The molecule has 0 aromatic heterocycles. The van der Waals surface area contributed by atoms with Crippen LogP contribution in [0.15, 0.2) is 60.7 Å². The zero-order chi connectivity index (χ0) is 32.1. The maximum Gasteiger partial charge on any atom is 0.347 e. The molecule has 1 heterocycles. The van der Waals surface area contributed by atoms with Crippen LogP contribution in [0.5, 0.6) is 11.5 Å². The monoisotopic (exact) mass is 604 g/mol. The molecule has 6 rings (SSSR count). The summed E-state index contributed by atoms with van der Waals surface area (Å²) in [5.74, 6) is -0.558. The molecule has 0 unspecified atom stereocenters. The van der Waals surface area contributed by atoms with Crippen molar-refractivity contribution in [3.05, 3.63) is 94.0 Å². The van der Waals surface area contributed by atoms with Gasteiger partial charge in [-0.2, -0.15) is 0 Å². The van der Waals surface area contributed by atoms with Gasteiger partial charge in [0.25, 0.3) is 0 Å². The molecule has 0 spiro atoms. The highest BCUT2D eigenvalue weighted by atomic mass is 16.6. The zero-order valence-electron chi connectivity index (χ0n) is 27.0. The van der Waals surface area contributed by atoms with Crippen molar-refractivity contribution in [3.8, 4) is 22.6 Å². The Morgan fingerprint density at radius 1 is 0.800 bits per heavy atom. The van der Waals surface area contributed by atoms with Gasteiger partial charge in [-0.05, 0) is 70.3 Å². The second kappa shape index (κ2) is 11.5. The van der Waals surface area contributed by atoms with Gasteiger partial charge < -0.3 is 14.2 Å². The second-order valence-corrected chi connectivity index (χ2v) is 12.9. The van der Waals surface area contributed by atoms with Crippen LogP contribution in [0.1, 0.15) is 116 Å². The van der Waals surface area contributed by atoms with Gasteiger partial charge in [0.2, 0.25) is 0 Å². The Morgan fingerprint density at radius 3 is 2.07 bits per heavy atom. The summed E-state index contributed by atoms with van der Waals surface area (Å²) in [4.78, 5) is 39.8. The average molecular weight is 605 g/mol. The molecule has 1 aliphatic heterocycles. The zero-order valence-corrected chi connectivity index (χ0v) is 27.0. The smallest absolute Gasteiger partial charge is 0.347 e. The molecule has 0 fully saturated rings. The summed E-state index contributed by atoms with van der Waals surface area (Å²) in [6.07, 6.45) is 5.60. The van der Waals surface area contributed by atoms with Crippen LogP contribution in [0.3, 0.4) is 0 Å². The van der Waals surface area contributed by atoms with Crippen molar-refractivity contribution in [3.63, 3.8) is 0 Å². The number of hydrogen-bond acceptors (Lipinski definition) is 6. The van der Waals surface area contributed by atoms with Gasteiger partial charge in [-0.1, -0.05) is 89.8 Å². The number of cyclic esters (lactones) is 2. The first kappa shape index (κ1) is 30.6. The Kier molecular flexibility index (Phi) is 7.80. The van der Waals surface area contributed by atoms with Gasteiger partial charge in [-0.25, -0.2) is 9.59 Å². The molecule has 6 heteroatoms. The van der Waals surface area contributed by atoms with Gasteiger partial charge in [0.15, 0.2) is 0 Å². The van der Waals surface area contributed by atoms with Crippen molar-refractivity contribution < 1.29 is 28.6 Å². The molecule has 0 saturated carbocycles. The maximum atomic E-state index is 13.8. The van der Waals surface area contributed by atoms with Crippen LogP contribution in [0.4, 0.5) is 0 Å². The summed E-state index contributed by atoms with van der Waals surface area (Å²) in [7, 11) is 1.60. The van der Waals surface area contributed by atoms with Crippen LogP contribution in [-0.2, 0) is 20.4 Å². The highest BCUT2D eigenvalue weighted by molar-refractivity contribution is 6.22. The number of fused-ring (bicyclic) bond motifs is 7. The lowest BCUT2D eigenvalue weighted by Crippen LogP contribution is -2.28. The summed E-state index contributed by atoms with van der Waals surface area (Å²) in [6.45, 7) is 9.97. The number of rotatable bonds is 10. The SMILES string of the molecule is CCCCC1(CCCC)c2cc(C(C)(C)c3ccccc3)c3c(c2-c2c1cc(OC(C)=O)c1cc(OC)ccc21)C(=O)OC3=O. The fourth-order valence-corrected chi connectivity index (χ4v) is 7.58. The van der Waals surface area contributed by atoms with E-state index < -0.39 is 28.7 Å². The third-order valence-corrected chi connectivity index (χ3v) is 9.85. The third kappa shape index (κ3) is 4.73. The van der Waals surface area contributed by atoms with E-state index in [1.165, 1.54) is 6.92 Å². The normalized spacial score (nSPS) is 14.6. The molecule has 45 heavy (non-hydrogen) atoms. The van der Waals surface area contributed by atoms with Crippen LogP contribution in [0, 0.1) is 0 Å². The van der Waals surface area contributed by atoms with Crippen molar-refractivity contribution in [1.82, 2.24) is 0 Å². The third-order valence-electron chi connectivity index (χ3n) is 9.85. The van der Waals surface area contributed by atoms with E-state index in [2.05, 4.69) is 45.9 Å². The summed E-state index contributed by atoms with van der Waals surface area (Å²) >= 11 is 0. The number of carbonyl (C=O) groups excluding carboxylic acids is 3. The Morgan fingerprint density at radius 2 is 1.44 bits per heavy atom. The summed E-state index contributed by atoms with van der Waals surface area (Å²) in [5, 5.41) is 1.54. The molecule has 6 nitrogen and oxygen atoms in total. The molecule has 4 aromatic rings. The van der Waals surface area contributed by atoms with Crippen molar-refractivity contribution in [2.75, 3.05) is 7.11 Å². The van der Waals surface area contributed by atoms with E-state index in [9.17, 15) is 14.4 Å². The Hall–Kier alpha value is -4.45. The number of benzene rings is 4. The van der Waals surface area contributed by atoms with Crippen molar-refractivity contribution in [1.29, 1.82) is 0 Å². The number of methoxy groups -OCH3 is 1. The second-order valence-electron chi connectivity index (χ2n) is 12.9. The Labute approximate surface area is 264 Å². The fourth-order valence-electron chi connectivity index (χ4n) is 7.58. The van der Waals surface area contributed by atoms with Crippen molar-refractivity contribution >= 4 is 28.7 Å². The molecule has 4 aromatic carbocycles. The highest BCUT2D eigenvalue weighted by Gasteiger charge is 2.50. The molecular formula is C39H40O6.